The molecule has 0 spiro atoms. The second-order valence-corrected chi connectivity index (χ2v) is 5.96. The number of amides is 1. The normalized spacial score (nSPS) is 13.7. The highest BCUT2D eigenvalue weighted by molar-refractivity contribution is 5.95. The quantitative estimate of drug-likeness (QED) is 0.940. The van der Waals surface area contributed by atoms with Gasteiger partial charge in [-0.05, 0) is 48.6 Å². The number of hydrogen-bond acceptors (Lipinski definition) is 2. The first-order chi connectivity index (χ1) is 11.1. The number of carbonyl (C=O) groups is 1. The molecule has 0 saturated heterocycles. The number of carbonyl (C=O) groups excluding carboxylic acids is 1. The molecular weight excluding hydrogens is 291 g/mol. The number of benzene rings is 2. The summed E-state index contributed by atoms with van der Waals surface area (Å²) in [6, 6.07) is 13.2. The molecule has 4 heteroatoms. The van der Waals surface area contributed by atoms with Gasteiger partial charge in [-0.3, -0.25) is 4.79 Å². The molecule has 3 nitrogen and oxygen atoms in total. The lowest BCUT2D eigenvalue weighted by atomic mass is 10.0. The van der Waals surface area contributed by atoms with E-state index in [9.17, 15) is 9.18 Å². The van der Waals surface area contributed by atoms with Gasteiger partial charge in [0.05, 0.1) is 6.54 Å². The Bertz CT molecular complexity index is 714. The number of hydrogen-bond donors (Lipinski definition) is 1. The Hall–Kier alpha value is -2.20. The van der Waals surface area contributed by atoms with Crippen LogP contribution in [0, 0.1) is 12.7 Å². The molecule has 2 aromatic rings. The van der Waals surface area contributed by atoms with Crippen molar-refractivity contribution < 1.29 is 9.18 Å². The van der Waals surface area contributed by atoms with Crippen LogP contribution in [0.15, 0.2) is 42.5 Å². The lowest BCUT2D eigenvalue weighted by molar-refractivity contribution is -0.117. The molecule has 1 aliphatic rings. The highest BCUT2D eigenvalue weighted by Crippen LogP contribution is 2.26. The van der Waals surface area contributed by atoms with E-state index < -0.39 is 0 Å². The van der Waals surface area contributed by atoms with Crippen molar-refractivity contribution in [2.45, 2.75) is 26.3 Å². The summed E-state index contributed by atoms with van der Waals surface area (Å²) in [6.07, 6.45) is 2.02. The van der Waals surface area contributed by atoms with E-state index in [2.05, 4.69) is 11.4 Å². The number of para-hydroxylation sites is 1. The third-order valence-electron chi connectivity index (χ3n) is 4.25. The van der Waals surface area contributed by atoms with E-state index in [0.29, 0.717) is 12.1 Å². The standard InChI is InChI=1S/C19H21FN2O/c1-14-8-9-15(11-17(14)20)12-21-13-19(23)22-10-4-6-16-5-2-3-7-18(16)22/h2-3,5,7-9,11,21H,4,6,10,12-13H2,1H3. The zero-order valence-corrected chi connectivity index (χ0v) is 13.3. The fraction of sp³-hybridized carbons (Fsp3) is 0.316. The highest BCUT2D eigenvalue weighted by atomic mass is 19.1. The highest BCUT2D eigenvalue weighted by Gasteiger charge is 2.21. The van der Waals surface area contributed by atoms with Crippen molar-refractivity contribution in [3.63, 3.8) is 0 Å². The minimum atomic E-state index is -0.208. The maximum absolute atomic E-state index is 13.5. The van der Waals surface area contributed by atoms with Crippen LogP contribution in [-0.4, -0.2) is 19.0 Å². The monoisotopic (exact) mass is 312 g/mol. The first-order valence-electron chi connectivity index (χ1n) is 7.99. The smallest absolute Gasteiger partial charge is 0.240 e. The maximum Gasteiger partial charge on any atom is 0.240 e. The van der Waals surface area contributed by atoms with Gasteiger partial charge in [0.15, 0.2) is 0 Å². The van der Waals surface area contributed by atoms with E-state index in [-0.39, 0.29) is 18.3 Å². The third kappa shape index (κ3) is 3.59. The van der Waals surface area contributed by atoms with E-state index in [1.54, 1.807) is 13.0 Å². The second kappa shape index (κ2) is 6.92. The topological polar surface area (TPSA) is 32.3 Å². The maximum atomic E-state index is 13.5. The lowest BCUT2D eigenvalue weighted by Gasteiger charge is -2.29. The fourth-order valence-electron chi connectivity index (χ4n) is 2.95. The van der Waals surface area contributed by atoms with Crippen molar-refractivity contribution >= 4 is 11.6 Å². The summed E-state index contributed by atoms with van der Waals surface area (Å²) in [7, 11) is 0. The van der Waals surface area contributed by atoms with Crippen LogP contribution in [0.2, 0.25) is 0 Å². The Labute approximate surface area is 136 Å². The molecule has 0 aromatic heterocycles. The van der Waals surface area contributed by atoms with Gasteiger partial charge in [0, 0.05) is 18.8 Å². The molecule has 0 fully saturated rings. The van der Waals surface area contributed by atoms with Crippen LogP contribution in [0.4, 0.5) is 10.1 Å². The van der Waals surface area contributed by atoms with Gasteiger partial charge in [-0.1, -0.05) is 30.3 Å². The predicted molar refractivity (Wildman–Crippen MR) is 90.0 cm³/mol. The summed E-state index contributed by atoms with van der Waals surface area (Å²) in [4.78, 5) is 14.3. The SMILES string of the molecule is Cc1ccc(CNCC(=O)N2CCCc3ccccc32)cc1F. The molecule has 0 unspecified atom stereocenters. The van der Waals surface area contributed by atoms with Crippen LogP contribution in [0.1, 0.15) is 23.1 Å². The Balaban J connectivity index is 1.59. The zero-order valence-electron chi connectivity index (χ0n) is 13.3. The fourth-order valence-corrected chi connectivity index (χ4v) is 2.95. The minimum absolute atomic E-state index is 0.0599. The van der Waals surface area contributed by atoms with Crippen molar-refractivity contribution in [3.8, 4) is 0 Å². The molecule has 23 heavy (non-hydrogen) atoms. The molecule has 0 aliphatic carbocycles. The van der Waals surface area contributed by atoms with Crippen LogP contribution < -0.4 is 10.2 Å². The molecule has 0 bridgehead atoms. The number of anilines is 1. The number of halogens is 1. The summed E-state index contributed by atoms with van der Waals surface area (Å²) in [5.41, 5.74) is 3.73. The van der Waals surface area contributed by atoms with E-state index in [1.165, 1.54) is 11.6 Å². The number of aryl methyl sites for hydroxylation is 2. The molecule has 1 N–H and O–H groups in total. The summed E-state index contributed by atoms with van der Waals surface area (Å²) in [5.74, 6) is -0.148. The third-order valence-corrected chi connectivity index (χ3v) is 4.25. The van der Waals surface area contributed by atoms with Gasteiger partial charge in [-0.2, -0.15) is 0 Å². The van der Waals surface area contributed by atoms with Crippen molar-refractivity contribution in [3.05, 3.63) is 65.0 Å². The predicted octanol–water partition coefficient (Wildman–Crippen LogP) is 3.20. The molecular formula is C19H21FN2O. The Morgan fingerprint density at radius 2 is 2.09 bits per heavy atom. The van der Waals surface area contributed by atoms with Crippen LogP contribution in [0.5, 0.6) is 0 Å². The average Bonchev–Trinajstić information content (AvgIpc) is 2.57. The van der Waals surface area contributed by atoms with Gasteiger partial charge < -0.3 is 10.2 Å². The molecule has 2 aromatic carbocycles. The Morgan fingerprint density at radius 1 is 1.26 bits per heavy atom. The molecule has 1 aliphatic heterocycles. The molecule has 0 atom stereocenters. The molecule has 0 radical (unpaired) electrons. The van der Waals surface area contributed by atoms with Gasteiger partial charge in [-0.15, -0.1) is 0 Å². The zero-order chi connectivity index (χ0) is 16.2. The molecule has 0 saturated carbocycles. The molecule has 1 amide bonds. The summed E-state index contributed by atoms with van der Waals surface area (Å²) in [6.45, 7) is 3.24. The van der Waals surface area contributed by atoms with Crippen LogP contribution >= 0.6 is 0 Å². The molecule has 3 rings (SSSR count). The summed E-state index contributed by atoms with van der Waals surface area (Å²) in [5, 5.41) is 3.12. The first-order valence-corrected chi connectivity index (χ1v) is 7.99. The number of rotatable bonds is 4. The van der Waals surface area contributed by atoms with Crippen molar-refractivity contribution in [2.75, 3.05) is 18.0 Å². The van der Waals surface area contributed by atoms with Crippen molar-refractivity contribution in [2.24, 2.45) is 0 Å². The van der Waals surface area contributed by atoms with Gasteiger partial charge in [0.1, 0.15) is 5.82 Å². The minimum Gasteiger partial charge on any atom is -0.311 e. The van der Waals surface area contributed by atoms with E-state index in [4.69, 9.17) is 0 Å². The summed E-state index contributed by atoms with van der Waals surface area (Å²) >= 11 is 0. The van der Waals surface area contributed by atoms with Crippen LogP contribution in [0.3, 0.4) is 0 Å². The van der Waals surface area contributed by atoms with Crippen molar-refractivity contribution in [1.82, 2.24) is 5.32 Å². The van der Waals surface area contributed by atoms with Gasteiger partial charge in [-0.25, -0.2) is 4.39 Å². The Morgan fingerprint density at radius 3 is 2.91 bits per heavy atom. The molecule has 1 heterocycles. The van der Waals surface area contributed by atoms with Gasteiger partial charge in [0.2, 0.25) is 5.91 Å². The second-order valence-electron chi connectivity index (χ2n) is 5.96. The van der Waals surface area contributed by atoms with Crippen LogP contribution in [0.25, 0.3) is 0 Å². The van der Waals surface area contributed by atoms with E-state index >= 15 is 0 Å². The van der Waals surface area contributed by atoms with E-state index in [0.717, 1.165) is 30.6 Å². The Kier molecular flexibility index (Phi) is 4.72. The first kappa shape index (κ1) is 15.7. The average molecular weight is 312 g/mol. The van der Waals surface area contributed by atoms with E-state index in [1.807, 2.05) is 29.2 Å². The number of nitrogens with zero attached hydrogens (tertiary/aromatic N) is 1. The van der Waals surface area contributed by atoms with Crippen molar-refractivity contribution in [1.29, 1.82) is 0 Å². The number of fused-ring (bicyclic) bond motifs is 1. The van der Waals surface area contributed by atoms with Gasteiger partial charge >= 0.3 is 0 Å². The lowest BCUT2D eigenvalue weighted by Crippen LogP contribution is -2.41. The van der Waals surface area contributed by atoms with Gasteiger partial charge in [0.25, 0.3) is 0 Å². The number of nitrogens with one attached hydrogen (secondary N) is 1. The largest absolute Gasteiger partial charge is 0.311 e. The summed E-state index contributed by atoms with van der Waals surface area (Å²) < 4.78 is 13.5. The molecule has 120 valence electrons. The van der Waals surface area contributed by atoms with Crippen LogP contribution in [-0.2, 0) is 17.8 Å².